The average molecular weight is 307 g/mol. The fraction of sp³-hybridized carbons (Fsp3) is 0.211. The topological polar surface area (TPSA) is 65.5 Å². The molecule has 23 heavy (non-hydrogen) atoms. The van der Waals surface area contributed by atoms with Gasteiger partial charge in [-0.15, -0.1) is 0 Å². The van der Waals surface area contributed by atoms with Gasteiger partial charge in [0.15, 0.2) is 5.76 Å². The van der Waals surface area contributed by atoms with Gasteiger partial charge in [-0.1, -0.05) is 30.3 Å². The lowest BCUT2D eigenvalue weighted by molar-refractivity contribution is 0.0943. The predicted molar refractivity (Wildman–Crippen MR) is 88.5 cm³/mol. The molecule has 0 amide bonds. The molecule has 1 saturated carbocycles. The third-order valence-electron chi connectivity index (χ3n) is 4.12. The molecule has 1 heterocycles. The van der Waals surface area contributed by atoms with Crippen LogP contribution in [0.1, 0.15) is 29.0 Å². The molecule has 4 rings (SSSR count). The maximum atomic E-state index is 12.2. The van der Waals surface area contributed by atoms with Crippen molar-refractivity contribution < 1.29 is 13.9 Å². The summed E-state index contributed by atoms with van der Waals surface area (Å²) >= 11 is 0. The van der Waals surface area contributed by atoms with E-state index in [4.69, 9.17) is 14.9 Å². The quantitative estimate of drug-likeness (QED) is 0.718. The number of rotatable bonds is 5. The van der Waals surface area contributed by atoms with Gasteiger partial charge in [0.05, 0.1) is 5.69 Å². The van der Waals surface area contributed by atoms with Crippen LogP contribution in [-0.4, -0.2) is 5.78 Å². The number of fused-ring (bicyclic) bond motifs is 1. The highest BCUT2D eigenvalue weighted by atomic mass is 16.5. The van der Waals surface area contributed by atoms with Gasteiger partial charge in [0.2, 0.25) is 5.78 Å². The van der Waals surface area contributed by atoms with Crippen LogP contribution in [0.4, 0.5) is 5.69 Å². The molecule has 4 heteroatoms. The third-order valence-corrected chi connectivity index (χ3v) is 4.12. The maximum Gasteiger partial charge on any atom is 0.203 e. The van der Waals surface area contributed by atoms with E-state index in [2.05, 4.69) is 0 Å². The zero-order chi connectivity index (χ0) is 15.8. The average Bonchev–Trinajstić information content (AvgIpc) is 3.38. The summed E-state index contributed by atoms with van der Waals surface area (Å²) in [7, 11) is 0. The van der Waals surface area contributed by atoms with Crippen LogP contribution in [0.15, 0.2) is 52.9 Å². The number of nitrogens with two attached hydrogens (primary N) is 1. The van der Waals surface area contributed by atoms with Crippen LogP contribution in [0, 0.1) is 5.92 Å². The van der Waals surface area contributed by atoms with Gasteiger partial charge in [-0.3, -0.25) is 4.79 Å². The van der Waals surface area contributed by atoms with E-state index >= 15 is 0 Å². The summed E-state index contributed by atoms with van der Waals surface area (Å²) in [5.74, 6) is 1.10. The molecule has 3 aromatic rings. The van der Waals surface area contributed by atoms with E-state index in [1.165, 1.54) is 0 Å². The van der Waals surface area contributed by atoms with Crippen LogP contribution in [0.2, 0.25) is 0 Å². The highest BCUT2D eigenvalue weighted by Crippen LogP contribution is 2.38. The molecule has 0 atom stereocenters. The second-order valence-electron chi connectivity index (χ2n) is 5.92. The van der Waals surface area contributed by atoms with Crippen LogP contribution in [0.25, 0.3) is 11.0 Å². The molecule has 1 aliphatic rings. The molecule has 4 nitrogen and oxygen atoms in total. The Morgan fingerprint density at radius 3 is 2.70 bits per heavy atom. The minimum absolute atomic E-state index is 0.0189. The zero-order valence-electron chi connectivity index (χ0n) is 12.6. The van der Waals surface area contributed by atoms with E-state index in [-0.39, 0.29) is 11.7 Å². The number of nitrogen functional groups attached to an aromatic ring is 1. The van der Waals surface area contributed by atoms with Crippen LogP contribution < -0.4 is 10.5 Å². The van der Waals surface area contributed by atoms with Crippen molar-refractivity contribution in [3.63, 3.8) is 0 Å². The van der Waals surface area contributed by atoms with Gasteiger partial charge in [0.25, 0.3) is 0 Å². The van der Waals surface area contributed by atoms with Gasteiger partial charge in [-0.25, -0.2) is 0 Å². The normalized spacial score (nSPS) is 14.1. The number of carbonyl (C=O) groups excluding carboxylic acids is 1. The smallest absolute Gasteiger partial charge is 0.203 e. The van der Waals surface area contributed by atoms with E-state index in [9.17, 15) is 4.79 Å². The van der Waals surface area contributed by atoms with E-state index in [1.54, 1.807) is 6.07 Å². The molecule has 1 aromatic heterocycles. The molecule has 0 saturated heterocycles. The van der Waals surface area contributed by atoms with Crippen molar-refractivity contribution in [3.05, 3.63) is 59.9 Å². The lowest BCUT2D eigenvalue weighted by Gasteiger charge is -2.05. The number of hydrogen-bond donors (Lipinski definition) is 1. The lowest BCUT2D eigenvalue weighted by Crippen LogP contribution is -2.02. The Hall–Kier alpha value is -2.75. The molecule has 2 N–H and O–H groups in total. The minimum Gasteiger partial charge on any atom is -0.489 e. The first kappa shape index (κ1) is 13.9. The Labute approximate surface area is 133 Å². The van der Waals surface area contributed by atoms with Crippen molar-refractivity contribution in [2.75, 3.05) is 5.73 Å². The molecule has 0 bridgehead atoms. The lowest BCUT2D eigenvalue weighted by atomic mass is 10.1. The Morgan fingerprint density at radius 1 is 1.17 bits per heavy atom. The van der Waals surface area contributed by atoms with E-state index in [0.717, 1.165) is 23.8 Å². The number of Topliss-reactive ketones (excluding diaryl/α,β-unsaturated/α-hetero) is 1. The van der Waals surface area contributed by atoms with Crippen molar-refractivity contribution in [1.82, 2.24) is 0 Å². The zero-order valence-corrected chi connectivity index (χ0v) is 12.6. The van der Waals surface area contributed by atoms with Crippen molar-refractivity contribution in [3.8, 4) is 5.75 Å². The van der Waals surface area contributed by atoms with Crippen LogP contribution in [0.5, 0.6) is 5.75 Å². The van der Waals surface area contributed by atoms with E-state index in [0.29, 0.717) is 29.4 Å². The number of furan rings is 1. The molecule has 0 spiro atoms. The fourth-order valence-corrected chi connectivity index (χ4v) is 2.64. The van der Waals surface area contributed by atoms with Crippen molar-refractivity contribution >= 4 is 22.4 Å². The summed E-state index contributed by atoms with van der Waals surface area (Å²) in [6, 6.07) is 15.4. The number of anilines is 1. The van der Waals surface area contributed by atoms with E-state index in [1.807, 2.05) is 42.5 Å². The second-order valence-corrected chi connectivity index (χ2v) is 5.92. The first-order valence-corrected chi connectivity index (χ1v) is 7.75. The number of hydrogen-bond acceptors (Lipinski definition) is 4. The molecule has 1 fully saturated rings. The van der Waals surface area contributed by atoms with Gasteiger partial charge in [0.1, 0.15) is 17.9 Å². The van der Waals surface area contributed by atoms with Crippen LogP contribution in [0.3, 0.4) is 0 Å². The van der Waals surface area contributed by atoms with Gasteiger partial charge in [-0.2, -0.15) is 0 Å². The molecule has 0 radical (unpaired) electrons. The summed E-state index contributed by atoms with van der Waals surface area (Å²) in [5, 5.41) is 0.765. The van der Waals surface area contributed by atoms with Crippen molar-refractivity contribution in [2.45, 2.75) is 19.4 Å². The minimum atomic E-state index is 0.0189. The Bertz CT molecular complexity index is 863. The highest BCUT2D eigenvalue weighted by Gasteiger charge is 2.34. The summed E-state index contributed by atoms with van der Waals surface area (Å²) in [5.41, 5.74) is 8.19. The second kappa shape index (κ2) is 5.47. The number of ketones is 1. The van der Waals surface area contributed by atoms with E-state index < -0.39 is 0 Å². The summed E-state index contributed by atoms with van der Waals surface area (Å²) in [6.07, 6.45) is 1.86. The molecular weight excluding hydrogens is 290 g/mol. The molecular formula is C19H17NO3. The summed E-state index contributed by atoms with van der Waals surface area (Å²) in [4.78, 5) is 12.2. The molecule has 1 aliphatic carbocycles. The van der Waals surface area contributed by atoms with Crippen LogP contribution in [-0.2, 0) is 6.61 Å². The largest absolute Gasteiger partial charge is 0.489 e. The first-order valence-electron chi connectivity index (χ1n) is 7.75. The van der Waals surface area contributed by atoms with Crippen LogP contribution >= 0.6 is 0 Å². The Morgan fingerprint density at radius 2 is 1.96 bits per heavy atom. The van der Waals surface area contributed by atoms with Gasteiger partial charge in [-0.05, 0) is 30.5 Å². The summed E-state index contributed by atoms with van der Waals surface area (Å²) < 4.78 is 11.5. The molecule has 0 aliphatic heterocycles. The van der Waals surface area contributed by atoms with Gasteiger partial charge < -0.3 is 14.9 Å². The maximum absolute atomic E-state index is 12.2. The molecule has 2 aromatic carbocycles. The standard InChI is InChI=1S/C19H17NO3/c20-17-15-9-8-14(22-11-12-4-2-1-3-5-12)10-16(15)23-19(17)18(21)13-6-7-13/h1-5,8-10,13H,6-7,11,20H2. The van der Waals surface area contributed by atoms with Crippen molar-refractivity contribution in [1.29, 1.82) is 0 Å². The number of ether oxygens (including phenoxy) is 1. The Kier molecular flexibility index (Phi) is 3.30. The van der Waals surface area contributed by atoms with Gasteiger partial charge >= 0.3 is 0 Å². The first-order chi connectivity index (χ1) is 11.2. The SMILES string of the molecule is Nc1c(C(=O)C2CC2)oc2cc(OCc3ccccc3)ccc12. The number of benzene rings is 2. The highest BCUT2D eigenvalue weighted by molar-refractivity contribution is 6.08. The van der Waals surface area contributed by atoms with Gasteiger partial charge in [0, 0.05) is 17.4 Å². The molecule has 0 unspecified atom stereocenters. The third kappa shape index (κ3) is 2.68. The fourth-order valence-electron chi connectivity index (χ4n) is 2.64. The number of carbonyl (C=O) groups is 1. The Balaban J connectivity index is 1.59. The monoisotopic (exact) mass is 307 g/mol. The summed E-state index contributed by atoms with van der Waals surface area (Å²) in [6.45, 7) is 0.483. The van der Waals surface area contributed by atoms with Crippen molar-refractivity contribution in [2.24, 2.45) is 5.92 Å². The predicted octanol–water partition coefficient (Wildman–Crippen LogP) is 4.19. The molecule has 116 valence electrons.